The molecule has 0 bridgehead atoms. The third kappa shape index (κ3) is 1.25. The maximum Gasteiger partial charge on any atom is 0.135 e. The fraction of sp³-hybridized carbons (Fsp3) is 0.333. The molecular formula is C12H12ClNOS. The molecule has 0 spiro atoms. The molecule has 0 aliphatic carbocycles. The summed E-state index contributed by atoms with van der Waals surface area (Å²) in [6.07, 6.45) is 0. The van der Waals surface area contributed by atoms with Gasteiger partial charge in [-0.05, 0) is 23.4 Å². The minimum Gasteiger partial charge on any atom is -0.506 e. The monoisotopic (exact) mass is 253 g/mol. The molecule has 1 aliphatic rings. The van der Waals surface area contributed by atoms with E-state index in [4.69, 9.17) is 11.6 Å². The number of rotatable bonds is 1. The minimum atomic E-state index is 0.355. The van der Waals surface area contributed by atoms with Crippen molar-refractivity contribution in [2.45, 2.75) is 12.8 Å². The van der Waals surface area contributed by atoms with Crippen molar-refractivity contribution < 1.29 is 5.11 Å². The van der Waals surface area contributed by atoms with Gasteiger partial charge in [-0.15, -0.1) is 22.9 Å². The van der Waals surface area contributed by atoms with Crippen LogP contribution in [-0.2, 0) is 0 Å². The first kappa shape index (κ1) is 10.2. The zero-order valence-electron chi connectivity index (χ0n) is 8.88. The molecule has 0 radical (unpaired) electrons. The molecule has 4 heteroatoms. The first-order valence-corrected chi connectivity index (χ1v) is 6.67. The molecule has 1 aromatic heterocycles. The average molecular weight is 254 g/mol. The summed E-state index contributed by atoms with van der Waals surface area (Å²) in [5.41, 5.74) is 3.55. The summed E-state index contributed by atoms with van der Waals surface area (Å²) < 4.78 is 0.982. The highest BCUT2D eigenvalue weighted by atomic mass is 35.5. The van der Waals surface area contributed by atoms with Crippen LogP contribution in [0.25, 0.3) is 10.1 Å². The van der Waals surface area contributed by atoms with Gasteiger partial charge in [0.1, 0.15) is 5.75 Å². The van der Waals surface area contributed by atoms with Crippen molar-refractivity contribution in [3.63, 3.8) is 0 Å². The molecule has 2 N–H and O–H groups in total. The Hall–Kier alpha value is -0.930. The van der Waals surface area contributed by atoms with Crippen molar-refractivity contribution in [1.82, 2.24) is 0 Å². The largest absolute Gasteiger partial charge is 0.506 e. The van der Waals surface area contributed by atoms with Gasteiger partial charge in [-0.2, -0.15) is 0 Å². The van der Waals surface area contributed by atoms with E-state index in [1.165, 1.54) is 16.5 Å². The van der Waals surface area contributed by atoms with Gasteiger partial charge in [-0.1, -0.05) is 0 Å². The van der Waals surface area contributed by atoms with Crippen LogP contribution in [0, 0.1) is 6.92 Å². The molecule has 0 saturated carbocycles. The first-order valence-electron chi connectivity index (χ1n) is 5.26. The fourth-order valence-corrected chi connectivity index (χ4v) is 3.66. The molecule has 16 heavy (non-hydrogen) atoms. The van der Waals surface area contributed by atoms with Gasteiger partial charge in [0.15, 0.2) is 0 Å². The molecule has 1 atom stereocenters. The third-order valence-electron chi connectivity index (χ3n) is 3.18. The highest BCUT2D eigenvalue weighted by molar-refractivity contribution is 7.17. The van der Waals surface area contributed by atoms with Crippen molar-refractivity contribution in [3.8, 4) is 5.75 Å². The quantitative estimate of drug-likeness (QED) is 0.761. The van der Waals surface area contributed by atoms with Crippen molar-refractivity contribution in [3.05, 3.63) is 22.6 Å². The van der Waals surface area contributed by atoms with Crippen LogP contribution in [0.4, 0.5) is 5.69 Å². The van der Waals surface area contributed by atoms with Gasteiger partial charge in [0.25, 0.3) is 0 Å². The van der Waals surface area contributed by atoms with Gasteiger partial charge in [0.05, 0.1) is 4.70 Å². The Kier molecular flexibility index (Phi) is 2.26. The number of aromatic hydroxyl groups is 1. The number of nitrogens with one attached hydrogen (secondary N) is 1. The van der Waals surface area contributed by atoms with Crippen LogP contribution in [0.15, 0.2) is 11.4 Å². The number of hydrogen-bond acceptors (Lipinski definition) is 3. The molecule has 2 heterocycles. The number of benzene rings is 1. The van der Waals surface area contributed by atoms with Gasteiger partial charge in [0.2, 0.25) is 0 Å². The van der Waals surface area contributed by atoms with Crippen molar-refractivity contribution in [1.29, 1.82) is 0 Å². The second-order valence-electron chi connectivity index (χ2n) is 4.21. The highest BCUT2D eigenvalue weighted by Gasteiger charge is 2.26. The lowest BCUT2D eigenvalue weighted by molar-refractivity contribution is 0.483. The Morgan fingerprint density at radius 3 is 3.19 bits per heavy atom. The van der Waals surface area contributed by atoms with Crippen LogP contribution in [0.3, 0.4) is 0 Å². The minimum absolute atomic E-state index is 0.355. The summed E-state index contributed by atoms with van der Waals surface area (Å²) in [4.78, 5) is 0. The van der Waals surface area contributed by atoms with Crippen LogP contribution in [0.1, 0.15) is 17.0 Å². The Bertz CT molecular complexity index is 564. The SMILES string of the molecule is Cc1csc2c(O)cc3c(c12)[C@H](CCl)CN3. The maximum absolute atomic E-state index is 9.95. The molecule has 3 rings (SSSR count). The number of anilines is 1. The van der Waals surface area contributed by atoms with Crippen molar-refractivity contribution >= 4 is 38.7 Å². The lowest BCUT2D eigenvalue weighted by Crippen LogP contribution is -2.02. The van der Waals surface area contributed by atoms with Gasteiger partial charge >= 0.3 is 0 Å². The second-order valence-corrected chi connectivity index (χ2v) is 5.40. The normalized spacial score (nSPS) is 18.8. The lowest BCUT2D eigenvalue weighted by Gasteiger charge is -2.09. The summed E-state index contributed by atoms with van der Waals surface area (Å²) in [7, 11) is 0. The lowest BCUT2D eigenvalue weighted by atomic mass is 9.97. The topological polar surface area (TPSA) is 32.3 Å². The zero-order valence-corrected chi connectivity index (χ0v) is 10.5. The summed E-state index contributed by atoms with van der Waals surface area (Å²) in [6.45, 7) is 2.95. The summed E-state index contributed by atoms with van der Waals surface area (Å²) in [5.74, 6) is 1.34. The van der Waals surface area contributed by atoms with Gasteiger partial charge in [-0.3, -0.25) is 0 Å². The number of aryl methyl sites for hydroxylation is 1. The molecule has 0 unspecified atom stereocenters. The molecule has 2 nitrogen and oxygen atoms in total. The number of thiophene rings is 1. The van der Waals surface area contributed by atoms with Gasteiger partial charge in [0, 0.05) is 35.5 Å². The molecule has 0 amide bonds. The Balaban J connectivity index is 2.40. The molecular weight excluding hydrogens is 242 g/mol. The fourth-order valence-electron chi connectivity index (χ4n) is 2.42. The second kappa shape index (κ2) is 3.54. The van der Waals surface area contributed by atoms with Crippen LogP contribution in [0.2, 0.25) is 0 Å². The number of alkyl halides is 1. The van der Waals surface area contributed by atoms with Crippen LogP contribution in [0.5, 0.6) is 5.75 Å². The summed E-state index contributed by atoms with van der Waals surface area (Å²) >= 11 is 7.59. The predicted octanol–water partition coefficient (Wildman–Crippen LogP) is 3.66. The maximum atomic E-state index is 9.95. The first-order chi connectivity index (χ1) is 7.72. The van der Waals surface area contributed by atoms with E-state index in [1.54, 1.807) is 11.3 Å². The predicted molar refractivity (Wildman–Crippen MR) is 70.2 cm³/mol. The number of phenolic OH excluding ortho intramolecular Hbond substituents is 1. The van der Waals surface area contributed by atoms with Crippen molar-refractivity contribution in [2.24, 2.45) is 0 Å². The Morgan fingerprint density at radius 1 is 1.62 bits per heavy atom. The smallest absolute Gasteiger partial charge is 0.135 e. The van der Waals surface area contributed by atoms with Crippen LogP contribution >= 0.6 is 22.9 Å². The highest BCUT2D eigenvalue weighted by Crippen LogP contribution is 2.45. The Morgan fingerprint density at radius 2 is 2.44 bits per heavy atom. The molecule has 84 valence electrons. The summed E-state index contributed by atoms with van der Waals surface area (Å²) in [6, 6.07) is 1.82. The zero-order chi connectivity index (χ0) is 11.3. The third-order valence-corrected chi connectivity index (χ3v) is 4.67. The van der Waals surface area contributed by atoms with E-state index in [0.717, 1.165) is 16.9 Å². The van der Waals surface area contributed by atoms with Crippen LogP contribution < -0.4 is 5.32 Å². The van der Waals surface area contributed by atoms with Crippen LogP contribution in [-0.4, -0.2) is 17.5 Å². The van der Waals surface area contributed by atoms with Gasteiger partial charge in [-0.25, -0.2) is 0 Å². The van der Waals surface area contributed by atoms with E-state index in [-0.39, 0.29) is 0 Å². The molecule has 2 aromatic rings. The van der Waals surface area contributed by atoms with Crippen molar-refractivity contribution in [2.75, 3.05) is 17.7 Å². The number of halogens is 1. The molecule has 1 aromatic carbocycles. The van der Waals surface area contributed by atoms with Gasteiger partial charge < -0.3 is 10.4 Å². The van der Waals surface area contributed by atoms with E-state index < -0.39 is 0 Å². The van der Waals surface area contributed by atoms with E-state index in [0.29, 0.717) is 17.5 Å². The summed E-state index contributed by atoms with van der Waals surface area (Å²) in [5, 5.41) is 16.5. The van der Waals surface area contributed by atoms with E-state index in [2.05, 4.69) is 17.6 Å². The molecule has 0 saturated heterocycles. The number of hydrogen-bond donors (Lipinski definition) is 2. The standard InChI is InChI=1S/C12H12ClNOS/c1-6-5-16-12-9(15)2-8-11(10(6)12)7(3-13)4-14-8/h2,5,7,14-15H,3-4H2,1H3/t7-/m1/s1. The van der Waals surface area contributed by atoms with E-state index in [9.17, 15) is 5.11 Å². The van der Waals surface area contributed by atoms with E-state index in [1.807, 2.05) is 6.07 Å². The van der Waals surface area contributed by atoms with E-state index >= 15 is 0 Å². The molecule has 1 aliphatic heterocycles. The number of fused-ring (bicyclic) bond motifs is 3. The Labute approximate surface area is 103 Å². The molecule has 0 fully saturated rings. The average Bonchev–Trinajstić information content (AvgIpc) is 2.82. The number of phenols is 1.